The molecule has 0 saturated carbocycles. The van der Waals surface area contributed by atoms with Gasteiger partial charge in [0.25, 0.3) is 5.91 Å². The molecule has 2 saturated heterocycles. The second kappa shape index (κ2) is 12.8. The number of thioether (sulfide) groups is 1. The van der Waals surface area contributed by atoms with E-state index in [-0.39, 0.29) is 36.0 Å². The quantitative estimate of drug-likeness (QED) is 0.326. The van der Waals surface area contributed by atoms with Crippen molar-refractivity contribution in [1.82, 2.24) is 15.5 Å². The summed E-state index contributed by atoms with van der Waals surface area (Å²) in [6.45, 7) is 8.64. The fourth-order valence-electron chi connectivity index (χ4n) is 3.72. The van der Waals surface area contributed by atoms with Gasteiger partial charge in [0.05, 0.1) is 6.10 Å². The van der Waals surface area contributed by atoms with E-state index < -0.39 is 0 Å². The van der Waals surface area contributed by atoms with Crippen molar-refractivity contribution in [2.45, 2.75) is 44.6 Å². The van der Waals surface area contributed by atoms with Crippen LogP contribution in [0, 0.1) is 5.92 Å². The van der Waals surface area contributed by atoms with Crippen LogP contribution >= 0.6 is 35.7 Å². The monoisotopic (exact) mass is 546 g/mol. The fourth-order valence-corrected chi connectivity index (χ4v) is 5.02. The zero-order chi connectivity index (χ0) is 20.6. The van der Waals surface area contributed by atoms with Gasteiger partial charge in [0.2, 0.25) is 0 Å². The van der Waals surface area contributed by atoms with Crippen LogP contribution in [-0.2, 0) is 11.3 Å². The Kier molecular flexibility index (Phi) is 10.7. The summed E-state index contributed by atoms with van der Waals surface area (Å²) in [5.74, 6) is 2.68. The van der Waals surface area contributed by atoms with Gasteiger partial charge in [0.15, 0.2) is 5.96 Å². The highest BCUT2D eigenvalue weighted by Crippen LogP contribution is 2.24. The maximum Gasteiger partial charge on any atom is 0.251 e. The zero-order valence-corrected chi connectivity index (χ0v) is 21.4. The van der Waals surface area contributed by atoms with Crippen molar-refractivity contribution in [2.75, 3.05) is 39.0 Å². The lowest BCUT2D eigenvalue weighted by atomic mass is 10.1. The average molecular weight is 547 g/mol. The molecule has 6 nitrogen and oxygen atoms in total. The number of ether oxygens (including phenoxy) is 1. The topological polar surface area (TPSA) is 66.0 Å². The van der Waals surface area contributed by atoms with Gasteiger partial charge in [0, 0.05) is 56.4 Å². The predicted octanol–water partition coefficient (Wildman–Crippen LogP) is 3.36. The number of guanidine groups is 1. The molecule has 1 amide bonds. The first-order valence-corrected chi connectivity index (χ1v) is 11.7. The first-order chi connectivity index (χ1) is 14.1. The molecule has 1 aromatic carbocycles. The maximum atomic E-state index is 12.5. The van der Waals surface area contributed by atoms with Crippen LogP contribution in [0.4, 0.5) is 0 Å². The molecule has 2 heterocycles. The molecular weight excluding hydrogens is 511 g/mol. The van der Waals surface area contributed by atoms with Crippen LogP contribution < -0.4 is 10.6 Å². The molecule has 0 radical (unpaired) electrons. The third-order valence-corrected chi connectivity index (χ3v) is 7.04. The van der Waals surface area contributed by atoms with E-state index in [9.17, 15) is 4.79 Å². The van der Waals surface area contributed by atoms with Crippen molar-refractivity contribution in [3.05, 3.63) is 35.4 Å². The number of benzene rings is 1. The lowest BCUT2D eigenvalue weighted by Crippen LogP contribution is -2.48. The predicted molar refractivity (Wildman–Crippen MR) is 136 cm³/mol. The van der Waals surface area contributed by atoms with Gasteiger partial charge in [-0.25, -0.2) is 0 Å². The molecule has 0 spiro atoms. The van der Waals surface area contributed by atoms with E-state index in [1.807, 2.05) is 31.3 Å². The minimum Gasteiger partial charge on any atom is -0.376 e. The Morgan fingerprint density at radius 3 is 2.90 bits per heavy atom. The lowest BCUT2D eigenvalue weighted by Gasteiger charge is -2.36. The molecule has 2 aliphatic rings. The minimum atomic E-state index is -0.0421. The molecule has 0 aliphatic carbocycles. The van der Waals surface area contributed by atoms with Crippen LogP contribution in [0.15, 0.2) is 29.3 Å². The van der Waals surface area contributed by atoms with Crippen LogP contribution in [0.25, 0.3) is 0 Å². The average Bonchev–Trinajstić information content (AvgIpc) is 3.26. The van der Waals surface area contributed by atoms with E-state index in [0.29, 0.717) is 29.8 Å². The Labute approximate surface area is 202 Å². The molecular formula is C22H35IN4O2S. The van der Waals surface area contributed by atoms with Crippen LogP contribution in [-0.4, -0.2) is 67.2 Å². The van der Waals surface area contributed by atoms with Crippen LogP contribution in [0.5, 0.6) is 0 Å². The SMILES string of the molecule is CN=C(NCc1cccc(C(=O)NCC2CCCO2)c1)N1CCSC(C(C)C)C1.I. The van der Waals surface area contributed by atoms with Gasteiger partial charge in [-0.2, -0.15) is 11.8 Å². The lowest BCUT2D eigenvalue weighted by molar-refractivity contribution is 0.0857. The van der Waals surface area contributed by atoms with Crippen molar-refractivity contribution < 1.29 is 9.53 Å². The molecule has 8 heteroatoms. The summed E-state index contributed by atoms with van der Waals surface area (Å²) in [4.78, 5) is 19.3. The number of nitrogens with one attached hydrogen (secondary N) is 2. The summed E-state index contributed by atoms with van der Waals surface area (Å²) in [5, 5.41) is 7.10. The smallest absolute Gasteiger partial charge is 0.251 e. The molecule has 1 aromatic rings. The van der Waals surface area contributed by atoms with E-state index >= 15 is 0 Å². The number of carbonyl (C=O) groups is 1. The van der Waals surface area contributed by atoms with Crippen LogP contribution in [0.2, 0.25) is 0 Å². The molecule has 0 bridgehead atoms. The molecule has 0 aromatic heterocycles. The van der Waals surface area contributed by atoms with Gasteiger partial charge in [0.1, 0.15) is 0 Å². The number of halogens is 1. The molecule has 2 N–H and O–H groups in total. The standard InChI is InChI=1S/C22H34N4O2S.HI/c1-16(2)20-15-26(9-11-29-20)22(23-3)25-13-17-6-4-7-18(12-17)21(27)24-14-19-8-5-10-28-19;/h4,6-7,12,16,19-20H,5,8-11,13-15H2,1-3H3,(H,23,25)(H,24,27);1H. The van der Waals surface area contributed by atoms with Gasteiger partial charge in [-0.3, -0.25) is 9.79 Å². The van der Waals surface area contributed by atoms with Crippen LogP contribution in [0.1, 0.15) is 42.6 Å². The number of nitrogens with zero attached hydrogens (tertiary/aromatic N) is 2. The molecule has 3 rings (SSSR count). The van der Waals surface area contributed by atoms with Crippen molar-refractivity contribution in [2.24, 2.45) is 10.9 Å². The summed E-state index contributed by atoms with van der Waals surface area (Å²) in [6, 6.07) is 7.79. The van der Waals surface area contributed by atoms with E-state index in [2.05, 4.69) is 46.1 Å². The summed E-state index contributed by atoms with van der Waals surface area (Å²) >= 11 is 2.06. The number of carbonyl (C=O) groups excluding carboxylic acids is 1. The summed E-state index contributed by atoms with van der Waals surface area (Å²) in [7, 11) is 1.84. The normalized spacial score (nSPS) is 22.0. The van der Waals surface area contributed by atoms with Gasteiger partial charge in [-0.1, -0.05) is 26.0 Å². The molecule has 2 unspecified atom stereocenters. The van der Waals surface area contributed by atoms with Crippen molar-refractivity contribution >= 4 is 47.6 Å². The summed E-state index contributed by atoms with van der Waals surface area (Å²) in [5.41, 5.74) is 1.76. The van der Waals surface area contributed by atoms with Gasteiger partial charge in [-0.05, 0) is 36.5 Å². The van der Waals surface area contributed by atoms with Gasteiger partial charge >= 0.3 is 0 Å². The van der Waals surface area contributed by atoms with Gasteiger partial charge < -0.3 is 20.3 Å². The van der Waals surface area contributed by atoms with E-state index in [1.165, 1.54) is 0 Å². The Bertz CT molecular complexity index is 710. The second-order valence-corrected chi connectivity index (χ2v) is 9.39. The first-order valence-electron chi connectivity index (χ1n) is 10.6. The van der Waals surface area contributed by atoms with E-state index in [1.54, 1.807) is 0 Å². The van der Waals surface area contributed by atoms with E-state index in [4.69, 9.17) is 4.74 Å². The number of aliphatic imine (C=N–C) groups is 1. The molecule has 30 heavy (non-hydrogen) atoms. The van der Waals surface area contributed by atoms with E-state index in [0.717, 1.165) is 49.8 Å². The highest BCUT2D eigenvalue weighted by Gasteiger charge is 2.24. The van der Waals surface area contributed by atoms with Crippen LogP contribution in [0.3, 0.4) is 0 Å². The Hall–Kier alpha value is -1.00. The third-order valence-electron chi connectivity index (χ3n) is 5.50. The summed E-state index contributed by atoms with van der Waals surface area (Å²) in [6.07, 6.45) is 2.26. The number of amides is 1. The molecule has 2 fully saturated rings. The largest absolute Gasteiger partial charge is 0.376 e. The molecule has 168 valence electrons. The fraction of sp³-hybridized carbons (Fsp3) is 0.636. The Balaban J connectivity index is 0.00000320. The Morgan fingerprint density at radius 2 is 2.20 bits per heavy atom. The third kappa shape index (κ3) is 7.30. The highest BCUT2D eigenvalue weighted by atomic mass is 127. The Morgan fingerprint density at radius 1 is 1.37 bits per heavy atom. The van der Waals surface area contributed by atoms with Crippen molar-refractivity contribution in [3.63, 3.8) is 0 Å². The molecule has 2 atom stereocenters. The minimum absolute atomic E-state index is 0. The zero-order valence-electron chi connectivity index (χ0n) is 18.2. The number of rotatable bonds is 6. The first kappa shape index (κ1) is 25.3. The number of hydrogen-bond donors (Lipinski definition) is 2. The van der Waals surface area contributed by atoms with Crippen molar-refractivity contribution in [3.8, 4) is 0 Å². The van der Waals surface area contributed by atoms with Crippen molar-refractivity contribution in [1.29, 1.82) is 0 Å². The van der Waals surface area contributed by atoms with Gasteiger partial charge in [-0.15, -0.1) is 24.0 Å². The maximum absolute atomic E-state index is 12.5. The second-order valence-electron chi connectivity index (χ2n) is 8.05. The highest BCUT2D eigenvalue weighted by molar-refractivity contribution is 14.0. The molecule has 2 aliphatic heterocycles. The number of hydrogen-bond acceptors (Lipinski definition) is 4. The summed E-state index contributed by atoms with van der Waals surface area (Å²) < 4.78 is 5.58.